The van der Waals surface area contributed by atoms with E-state index in [4.69, 9.17) is 0 Å². The van der Waals surface area contributed by atoms with Gasteiger partial charge in [0.2, 0.25) is 11.8 Å². The molecule has 98 valence electrons. The van der Waals surface area contributed by atoms with Crippen molar-refractivity contribution in [3.8, 4) is 0 Å². The van der Waals surface area contributed by atoms with E-state index in [0.29, 0.717) is 19.6 Å². The third kappa shape index (κ3) is 4.57. The van der Waals surface area contributed by atoms with Gasteiger partial charge in [0.25, 0.3) is 0 Å². The van der Waals surface area contributed by atoms with Crippen LogP contribution in [0.2, 0.25) is 0 Å². The molecule has 0 saturated carbocycles. The maximum atomic E-state index is 11.5. The largest absolute Gasteiger partial charge is 0.355 e. The SMILES string of the molecule is CC(=O)NCCN(Cc1ccccc1C)C(C)=O. The van der Waals surface area contributed by atoms with Crippen LogP contribution in [0.4, 0.5) is 0 Å². The van der Waals surface area contributed by atoms with E-state index in [0.717, 1.165) is 5.56 Å². The highest BCUT2D eigenvalue weighted by atomic mass is 16.2. The molecule has 0 aromatic heterocycles. The zero-order chi connectivity index (χ0) is 13.5. The molecule has 4 nitrogen and oxygen atoms in total. The van der Waals surface area contributed by atoms with E-state index in [1.54, 1.807) is 11.8 Å². The number of nitrogens with one attached hydrogen (secondary N) is 1. The van der Waals surface area contributed by atoms with Gasteiger partial charge in [-0.15, -0.1) is 0 Å². The maximum absolute atomic E-state index is 11.5. The van der Waals surface area contributed by atoms with Gasteiger partial charge < -0.3 is 10.2 Å². The molecule has 0 spiro atoms. The molecule has 0 unspecified atom stereocenters. The van der Waals surface area contributed by atoms with Crippen molar-refractivity contribution in [1.82, 2.24) is 10.2 Å². The molecule has 1 N–H and O–H groups in total. The first-order valence-electron chi connectivity index (χ1n) is 6.05. The summed E-state index contributed by atoms with van der Waals surface area (Å²) >= 11 is 0. The van der Waals surface area contributed by atoms with Crippen molar-refractivity contribution in [2.75, 3.05) is 13.1 Å². The Morgan fingerprint density at radius 1 is 1.22 bits per heavy atom. The molecule has 0 atom stereocenters. The van der Waals surface area contributed by atoms with Crippen LogP contribution < -0.4 is 5.32 Å². The molecule has 18 heavy (non-hydrogen) atoms. The van der Waals surface area contributed by atoms with Gasteiger partial charge in [-0.05, 0) is 18.1 Å². The smallest absolute Gasteiger partial charge is 0.219 e. The van der Waals surface area contributed by atoms with Crippen molar-refractivity contribution < 1.29 is 9.59 Å². The Morgan fingerprint density at radius 3 is 2.44 bits per heavy atom. The fourth-order valence-corrected chi connectivity index (χ4v) is 1.71. The van der Waals surface area contributed by atoms with E-state index < -0.39 is 0 Å². The van der Waals surface area contributed by atoms with Gasteiger partial charge in [0.05, 0.1) is 0 Å². The van der Waals surface area contributed by atoms with Crippen molar-refractivity contribution >= 4 is 11.8 Å². The Labute approximate surface area is 108 Å². The minimum atomic E-state index is -0.0746. The number of rotatable bonds is 5. The molecule has 0 aliphatic heterocycles. The Kier molecular flexibility index (Phi) is 5.36. The Hall–Kier alpha value is -1.84. The zero-order valence-electron chi connectivity index (χ0n) is 11.2. The predicted octanol–water partition coefficient (Wildman–Crippen LogP) is 1.48. The number of benzene rings is 1. The standard InChI is InChI=1S/C14H20N2O2/c1-11-6-4-5-7-14(11)10-16(13(3)18)9-8-15-12(2)17/h4-7H,8-10H2,1-3H3,(H,15,17). The fraction of sp³-hybridized carbons (Fsp3) is 0.429. The first-order valence-corrected chi connectivity index (χ1v) is 6.05. The van der Waals surface area contributed by atoms with Crippen LogP contribution in [0.3, 0.4) is 0 Å². The number of aryl methyl sites for hydroxylation is 1. The minimum Gasteiger partial charge on any atom is -0.355 e. The highest BCUT2D eigenvalue weighted by molar-refractivity contribution is 5.74. The van der Waals surface area contributed by atoms with Crippen LogP contribution in [0.5, 0.6) is 0 Å². The number of carbonyl (C=O) groups excluding carboxylic acids is 2. The molecule has 0 bridgehead atoms. The molecule has 1 aromatic carbocycles. The molecular formula is C14H20N2O2. The van der Waals surface area contributed by atoms with E-state index in [-0.39, 0.29) is 11.8 Å². The quantitative estimate of drug-likeness (QED) is 0.858. The van der Waals surface area contributed by atoms with E-state index in [2.05, 4.69) is 5.32 Å². The summed E-state index contributed by atoms with van der Waals surface area (Å²) < 4.78 is 0. The summed E-state index contributed by atoms with van der Waals surface area (Å²) in [6.07, 6.45) is 0. The monoisotopic (exact) mass is 248 g/mol. The fourth-order valence-electron chi connectivity index (χ4n) is 1.71. The lowest BCUT2D eigenvalue weighted by molar-refractivity contribution is -0.130. The highest BCUT2D eigenvalue weighted by Crippen LogP contribution is 2.10. The molecule has 2 amide bonds. The highest BCUT2D eigenvalue weighted by Gasteiger charge is 2.10. The Bertz CT molecular complexity index is 430. The van der Waals surface area contributed by atoms with Crippen LogP contribution in [0.15, 0.2) is 24.3 Å². The van der Waals surface area contributed by atoms with Crippen LogP contribution in [-0.4, -0.2) is 29.8 Å². The first-order chi connectivity index (χ1) is 8.50. The van der Waals surface area contributed by atoms with Gasteiger partial charge in [-0.25, -0.2) is 0 Å². The van der Waals surface area contributed by atoms with Crippen molar-refractivity contribution in [2.24, 2.45) is 0 Å². The molecule has 0 heterocycles. The van der Waals surface area contributed by atoms with Crippen LogP contribution in [0.25, 0.3) is 0 Å². The zero-order valence-corrected chi connectivity index (χ0v) is 11.2. The van der Waals surface area contributed by atoms with E-state index >= 15 is 0 Å². The van der Waals surface area contributed by atoms with Gasteiger partial charge >= 0.3 is 0 Å². The molecule has 0 fully saturated rings. The predicted molar refractivity (Wildman–Crippen MR) is 71.0 cm³/mol. The summed E-state index contributed by atoms with van der Waals surface area (Å²) in [5.74, 6) is -0.0574. The molecule has 1 rings (SSSR count). The van der Waals surface area contributed by atoms with Gasteiger partial charge in [0.15, 0.2) is 0 Å². The molecule has 1 aromatic rings. The van der Waals surface area contributed by atoms with E-state index in [9.17, 15) is 9.59 Å². The number of nitrogens with zero attached hydrogens (tertiary/aromatic N) is 1. The molecule has 0 aliphatic carbocycles. The second kappa shape index (κ2) is 6.79. The molecular weight excluding hydrogens is 228 g/mol. The molecule has 0 saturated heterocycles. The van der Waals surface area contributed by atoms with E-state index in [1.807, 2.05) is 31.2 Å². The summed E-state index contributed by atoms with van der Waals surface area (Å²) in [6.45, 7) is 6.65. The van der Waals surface area contributed by atoms with Crippen LogP contribution >= 0.6 is 0 Å². The van der Waals surface area contributed by atoms with Gasteiger partial charge in [0.1, 0.15) is 0 Å². The van der Waals surface area contributed by atoms with Gasteiger partial charge in [-0.3, -0.25) is 9.59 Å². The van der Waals surface area contributed by atoms with Crippen molar-refractivity contribution in [1.29, 1.82) is 0 Å². The molecule has 0 aliphatic rings. The topological polar surface area (TPSA) is 49.4 Å². The normalized spacial score (nSPS) is 9.94. The van der Waals surface area contributed by atoms with Crippen LogP contribution in [0, 0.1) is 6.92 Å². The molecule has 4 heteroatoms. The average Bonchev–Trinajstić information content (AvgIpc) is 2.29. The summed E-state index contributed by atoms with van der Waals surface area (Å²) in [6, 6.07) is 7.99. The Morgan fingerprint density at radius 2 is 1.89 bits per heavy atom. The number of hydrogen-bond acceptors (Lipinski definition) is 2. The summed E-state index contributed by atoms with van der Waals surface area (Å²) in [7, 11) is 0. The lowest BCUT2D eigenvalue weighted by Gasteiger charge is -2.22. The van der Waals surface area contributed by atoms with Gasteiger partial charge in [0, 0.05) is 33.5 Å². The minimum absolute atomic E-state index is 0.0172. The second-order valence-corrected chi connectivity index (χ2v) is 4.35. The second-order valence-electron chi connectivity index (χ2n) is 4.35. The summed E-state index contributed by atoms with van der Waals surface area (Å²) in [4.78, 5) is 24.1. The third-order valence-electron chi connectivity index (χ3n) is 2.82. The summed E-state index contributed by atoms with van der Waals surface area (Å²) in [5, 5.41) is 2.70. The third-order valence-corrected chi connectivity index (χ3v) is 2.82. The number of carbonyl (C=O) groups is 2. The average molecular weight is 248 g/mol. The van der Waals surface area contributed by atoms with Gasteiger partial charge in [-0.1, -0.05) is 24.3 Å². The first kappa shape index (κ1) is 14.2. The lowest BCUT2D eigenvalue weighted by atomic mass is 10.1. The Balaban J connectivity index is 2.61. The summed E-state index contributed by atoms with van der Waals surface area (Å²) in [5.41, 5.74) is 2.30. The van der Waals surface area contributed by atoms with E-state index in [1.165, 1.54) is 12.5 Å². The number of hydrogen-bond donors (Lipinski definition) is 1. The van der Waals surface area contributed by atoms with Crippen LogP contribution in [-0.2, 0) is 16.1 Å². The number of amides is 2. The van der Waals surface area contributed by atoms with Gasteiger partial charge in [-0.2, -0.15) is 0 Å². The van der Waals surface area contributed by atoms with Crippen molar-refractivity contribution in [2.45, 2.75) is 27.3 Å². The lowest BCUT2D eigenvalue weighted by Crippen LogP contribution is -2.36. The maximum Gasteiger partial charge on any atom is 0.219 e. The van der Waals surface area contributed by atoms with Crippen molar-refractivity contribution in [3.63, 3.8) is 0 Å². The van der Waals surface area contributed by atoms with Crippen molar-refractivity contribution in [3.05, 3.63) is 35.4 Å². The molecule has 0 radical (unpaired) electrons. The van der Waals surface area contributed by atoms with Crippen LogP contribution in [0.1, 0.15) is 25.0 Å².